The third-order valence-electron chi connectivity index (χ3n) is 2.14. The van der Waals surface area contributed by atoms with Gasteiger partial charge < -0.3 is 9.84 Å². The van der Waals surface area contributed by atoms with E-state index >= 15 is 0 Å². The normalized spacial score (nSPS) is 12.4. The average Bonchev–Trinajstić information content (AvgIpc) is 2.75. The number of ether oxygens (including phenoxy) is 1. The molecule has 1 unspecified atom stereocenters. The van der Waals surface area contributed by atoms with Gasteiger partial charge in [0.15, 0.2) is 0 Å². The molecule has 0 radical (unpaired) electrons. The van der Waals surface area contributed by atoms with Crippen LogP contribution in [-0.4, -0.2) is 17.2 Å². The fourth-order valence-electron chi connectivity index (χ4n) is 1.39. The molecule has 2 aromatic heterocycles. The second-order valence-corrected chi connectivity index (χ2v) is 5.02. The number of pyridine rings is 1. The second kappa shape index (κ2) is 4.95. The van der Waals surface area contributed by atoms with E-state index in [1.165, 1.54) is 11.3 Å². The number of aliphatic hydroxyl groups is 1. The fourth-order valence-corrected chi connectivity index (χ4v) is 2.82. The highest BCUT2D eigenvalue weighted by Crippen LogP contribution is 2.32. The van der Waals surface area contributed by atoms with Gasteiger partial charge in [-0.3, -0.25) is 4.98 Å². The predicted molar refractivity (Wildman–Crippen MR) is 66.9 cm³/mol. The first-order chi connectivity index (χ1) is 7.72. The lowest BCUT2D eigenvalue weighted by molar-refractivity contribution is 0.213. The Morgan fingerprint density at radius 2 is 2.38 bits per heavy atom. The van der Waals surface area contributed by atoms with Crippen LogP contribution in [0.25, 0.3) is 0 Å². The molecular weight excluding hydrogens is 290 g/mol. The average molecular weight is 300 g/mol. The zero-order valence-corrected chi connectivity index (χ0v) is 11.0. The molecule has 84 valence electrons. The first kappa shape index (κ1) is 11.6. The number of hydrogen-bond acceptors (Lipinski definition) is 4. The molecule has 0 amide bonds. The predicted octanol–water partition coefficient (Wildman–Crippen LogP) is 3.00. The summed E-state index contributed by atoms with van der Waals surface area (Å²) < 4.78 is 6.12. The molecular formula is C11H10BrNO2S. The zero-order valence-electron chi connectivity index (χ0n) is 8.55. The standard InChI is InChI=1S/C11H10BrNO2S/c1-15-8-3-2-4-13-10(8)11(14)9-5-7(12)6-16-9/h2-6,11,14H,1H3. The lowest BCUT2D eigenvalue weighted by Gasteiger charge is -2.11. The highest BCUT2D eigenvalue weighted by atomic mass is 79.9. The van der Waals surface area contributed by atoms with Gasteiger partial charge in [-0.2, -0.15) is 0 Å². The van der Waals surface area contributed by atoms with E-state index in [9.17, 15) is 5.11 Å². The largest absolute Gasteiger partial charge is 0.495 e. The van der Waals surface area contributed by atoms with Crippen LogP contribution in [0.3, 0.4) is 0 Å². The van der Waals surface area contributed by atoms with Crippen molar-refractivity contribution in [2.24, 2.45) is 0 Å². The molecule has 3 nitrogen and oxygen atoms in total. The van der Waals surface area contributed by atoms with Crippen LogP contribution in [0.5, 0.6) is 5.75 Å². The number of aromatic nitrogens is 1. The Labute approximate surface area is 106 Å². The summed E-state index contributed by atoms with van der Waals surface area (Å²) in [7, 11) is 1.57. The summed E-state index contributed by atoms with van der Waals surface area (Å²) in [6, 6.07) is 5.44. The Morgan fingerprint density at radius 1 is 1.56 bits per heavy atom. The number of thiophene rings is 1. The van der Waals surface area contributed by atoms with Crippen LogP contribution >= 0.6 is 27.3 Å². The highest BCUT2D eigenvalue weighted by molar-refractivity contribution is 9.10. The first-order valence-electron chi connectivity index (χ1n) is 4.63. The molecule has 2 rings (SSSR count). The third kappa shape index (κ3) is 2.26. The smallest absolute Gasteiger partial charge is 0.143 e. The van der Waals surface area contributed by atoms with Crippen LogP contribution in [0.15, 0.2) is 34.2 Å². The Bertz CT molecular complexity index is 486. The molecule has 1 N–H and O–H groups in total. The monoisotopic (exact) mass is 299 g/mol. The van der Waals surface area contributed by atoms with Crippen molar-refractivity contribution >= 4 is 27.3 Å². The molecule has 0 saturated carbocycles. The van der Waals surface area contributed by atoms with Crippen LogP contribution in [0.4, 0.5) is 0 Å². The quantitative estimate of drug-likeness (QED) is 0.947. The Morgan fingerprint density at radius 3 is 3.00 bits per heavy atom. The maximum absolute atomic E-state index is 10.2. The molecule has 0 saturated heterocycles. The van der Waals surface area contributed by atoms with Gasteiger partial charge in [0, 0.05) is 20.9 Å². The van der Waals surface area contributed by atoms with Crippen LogP contribution in [-0.2, 0) is 0 Å². The van der Waals surface area contributed by atoms with Gasteiger partial charge in [-0.1, -0.05) is 0 Å². The van der Waals surface area contributed by atoms with Crippen molar-refractivity contribution in [2.45, 2.75) is 6.10 Å². The molecule has 0 fully saturated rings. The highest BCUT2D eigenvalue weighted by Gasteiger charge is 2.18. The molecule has 5 heteroatoms. The van der Waals surface area contributed by atoms with Crippen LogP contribution in [0.1, 0.15) is 16.7 Å². The van der Waals surface area contributed by atoms with Crippen molar-refractivity contribution in [3.63, 3.8) is 0 Å². The minimum Gasteiger partial charge on any atom is -0.495 e. The maximum Gasteiger partial charge on any atom is 0.143 e. The second-order valence-electron chi connectivity index (χ2n) is 3.16. The number of hydrogen-bond donors (Lipinski definition) is 1. The molecule has 2 heterocycles. The minimum atomic E-state index is -0.743. The van der Waals surface area contributed by atoms with E-state index in [-0.39, 0.29) is 0 Å². The molecule has 0 bridgehead atoms. The van der Waals surface area contributed by atoms with Crippen molar-refractivity contribution in [1.29, 1.82) is 0 Å². The summed E-state index contributed by atoms with van der Waals surface area (Å²) in [6.45, 7) is 0. The van der Waals surface area contributed by atoms with Crippen molar-refractivity contribution < 1.29 is 9.84 Å². The van der Waals surface area contributed by atoms with Crippen molar-refractivity contribution in [3.05, 3.63) is 44.8 Å². The van der Waals surface area contributed by atoms with Crippen molar-refractivity contribution in [1.82, 2.24) is 4.98 Å². The molecule has 0 aliphatic carbocycles. The molecule has 0 aromatic carbocycles. The van der Waals surface area contributed by atoms with E-state index in [2.05, 4.69) is 20.9 Å². The van der Waals surface area contributed by atoms with Gasteiger partial charge >= 0.3 is 0 Å². The van der Waals surface area contributed by atoms with Crippen LogP contribution < -0.4 is 4.74 Å². The Balaban J connectivity index is 2.36. The lowest BCUT2D eigenvalue weighted by atomic mass is 10.2. The summed E-state index contributed by atoms with van der Waals surface area (Å²) in [6.07, 6.45) is 0.899. The summed E-state index contributed by atoms with van der Waals surface area (Å²) >= 11 is 4.84. The lowest BCUT2D eigenvalue weighted by Crippen LogP contribution is -2.03. The SMILES string of the molecule is COc1cccnc1C(O)c1cc(Br)cs1. The van der Waals surface area contributed by atoms with Gasteiger partial charge in [0.25, 0.3) is 0 Å². The number of rotatable bonds is 3. The third-order valence-corrected chi connectivity index (χ3v) is 3.88. The van der Waals surface area contributed by atoms with E-state index in [1.54, 1.807) is 25.4 Å². The number of aliphatic hydroxyl groups excluding tert-OH is 1. The van der Waals surface area contributed by atoms with Gasteiger partial charge in [-0.25, -0.2) is 0 Å². The van der Waals surface area contributed by atoms with E-state index in [0.29, 0.717) is 11.4 Å². The molecule has 2 aromatic rings. The van der Waals surface area contributed by atoms with E-state index in [4.69, 9.17) is 4.74 Å². The van der Waals surface area contributed by atoms with Gasteiger partial charge in [-0.05, 0) is 34.1 Å². The van der Waals surface area contributed by atoms with Crippen molar-refractivity contribution in [2.75, 3.05) is 7.11 Å². The Kier molecular flexibility index (Phi) is 3.58. The zero-order chi connectivity index (χ0) is 11.5. The van der Waals surface area contributed by atoms with Crippen LogP contribution in [0.2, 0.25) is 0 Å². The topological polar surface area (TPSA) is 42.4 Å². The van der Waals surface area contributed by atoms with E-state index in [0.717, 1.165) is 9.35 Å². The van der Waals surface area contributed by atoms with Crippen molar-refractivity contribution in [3.8, 4) is 5.75 Å². The molecule has 0 spiro atoms. The van der Waals surface area contributed by atoms with E-state index < -0.39 is 6.10 Å². The van der Waals surface area contributed by atoms with Crippen LogP contribution in [0, 0.1) is 0 Å². The molecule has 0 aliphatic rings. The minimum absolute atomic E-state index is 0.541. The van der Waals surface area contributed by atoms with Gasteiger partial charge in [0.05, 0.1) is 7.11 Å². The summed E-state index contributed by atoms with van der Waals surface area (Å²) in [5, 5.41) is 12.1. The molecule has 16 heavy (non-hydrogen) atoms. The number of nitrogens with zero attached hydrogens (tertiary/aromatic N) is 1. The molecule has 1 atom stereocenters. The summed E-state index contributed by atoms with van der Waals surface area (Å²) in [5.41, 5.74) is 0.541. The van der Waals surface area contributed by atoms with Gasteiger partial charge in [0.2, 0.25) is 0 Å². The summed E-state index contributed by atoms with van der Waals surface area (Å²) in [5.74, 6) is 0.597. The van der Waals surface area contributed by atoms with E-state index in [1.807, 2.05) is 11.4 Å². The van der Waals surface area contributed by atoms with Gasteiger partial charge in [-0.15, -0.1) is 11.3 Å². The Hall–Kier alpha value is -0.910. The maximum atomic E-state index is 10.2. The summed E-state index contributed by atoms with van der Waals surface area (Å²) in [4.78, 5) is 4.99. The first-order valence-corrected chi connectivity index (χ1v) is 6.30. The number of halogens is 1. The fraction of sp³-hybridized carbons (Fsp3) is 0.182. The van der Waals surface area contributed by atoms with Gasteiger partial charge in [0.1, 0.15) is 17.5 Å². The number of methoxy groups -OCH3 is 1. The molecule has 0 aliphatic heterocycles.